The molecule has 5 nitrogen and oxygen atoms in total. The summed E-state index contributed by atoms with van der Waals surface area (Å²) >= 11 is 0. The van der Waals surface area contributed by atoms with Gasteiger partial charge in [0.2, 0.25) is 5.89 Å². The lowest BCUT2D eigenvalue weighted by atomic mass is 9.87. The lowest BCUT2D eigenvalue weighted by Crippen LogP contribution is -2.14. The minimum Gasteiger partial charge on any atom is -0.435 e. The highest BCUT2D eigenvalue weighted by molar-refractivity contribution is 6.08. The molecule has 0 unspecified atom stereocenters. The van der Waals surface area contributed by atoms with E-state index in [4.69, 9.17) is 9.40 Å². The predicted octanol–water partition coefficient (Wildman–Crippen LogP) is 8.29. The van der Waals surface area contributed by atoms with Gasteiger partial charge in [-0.3, -0.25) is 4.79 Å². The summed E-state index contributed by atoms with van der Waals surface area (Å²) in [4.78, 5) is 20.5. The molecule has 0 radical (unpaired) electrons. The van der Waals surface area contributed by atoms with Crippen molar-refractivity contribution in [3.8, 4) is 33.9 Å². The number of hydrogen-bond acceptors (Lipinski definition) is 4. The lowest BCUT2D eigenvalue weighted by Gasteiger charge is -2.18. The number of nitrogens with one attached hydrogen (secondary N) is 1. The van der Waals surface area contributed by atoms with Crippen molar-refractivity contribution >= 4 is 17.3 Å². The lowest BCUT2D eigenvalue weighted by molar-refractivity contribution is 0.102. The summed E-state index contributed by atoms with van der Waals surface area (Å²) in [5.41, 5.74) is 6.75. The van der Waals surface area contributed by atoms with Crippen molar-refractivity contribution in [2.24, 2.45) is 0 Å². The number of hydrogen-bond donors (Lipinski definition) is 1. The Morgan fingerprint density at radius 2 is 1.44 bits per heavy atom. The molecule has 5 aromatic rings. The molecule has 0 aliphatic rings. The number of anilines is 2. The molecule has 39 heavy (non-hydrogen) atoms. The van der Waals surface area contributed by atoms with Gasteiger partial charge < -0.3 is 14.6 Å². The monoisotopic (exact) mass is 515 g/mol. The minimum atomic E-state index is -0.329. The zero-order chi connectivity index (χ0) is 27.6. The van der Waals surface area contributed by atoms with Gasteiger partial charge in [-0.2, -0.15) is 0 Å². The van der Waals surface area contributed by atoms with Crippen LogP contribution in [0.5, 0.6) is 0 Å². The van der Waals surface area contributed by atoms with Crippen molar-refractivity contribution < 1.29 is 9.21 Å². The first-order valence-corrected chi connectivity index (χ1v) is 13.1. The van der Waals surface area contributed by atoms with Gasteiger partial charge in [-0.25, -0.2) is 4.98 Å². The van der Waals surface area contributed by atoms with Gasteiger partial charge in [-0.15, -0.1) is 0 Å². The average Bonchev–Trinajstić information content (AvgIpc) is 3.39. The van der Waals surface area contributed by atoms with Gasteiger partial charge in [0.15, 0.2) is 11.5 Å². The largest absolute Gasteiger partial charge is 0.435 e. The van der Waals surface area contributed by atoms with Crippen LogP contribution in [0.25, 0.3) is 33.9 Å². The number of oxazole rings is 1. The number of benzene rings is 4. The smallest absolute Gasteiger partial charge is 0.278 e. The van der Waals surface area contributed by atoms with Crippen LogP contribution in [0.3, 0.4) is 0 Å². The van der Waals surface area contributed by atoms with Gasteiger partial charge in [0.05, 0.1) is 0 Å². The summed E-state index contributed by atoms with van der Waals surface area (Å²) in [7, 11) is 3.96. The van der Waals surface area contributed by atoms with Gasteiger partial charge >= 0.3 is 0 Å². The maximum Gasteiger partial charge on any atom is 0.278 e. The van der Waals surface area contributed by atoms with Crippen LogP contribution < -0.4 is 10.2 Å². The fourth-order valence-electron chi connectivity index (χ4n) is 4.47. The standard InChI is InChI=1S/C34H33N3O2/c1-34(2,3)26-20-18-24(19-21-26)33-36-30(31(39-33)25-14-11-15-27(22-25)37(4)5)32(38)35-29-17-10-9-16-28(29)23-12-7-6-8-13-23/h6-22H,1-5H3,(H,35,38). The molecule has 0 aliphatic carbocycles. The molecule has 1 amide bonds. The Bertz CT molecular complexity index is 1590. The van der Waals surface area contributed by atoms with Crippen molar-refractivity contribution in [3.63, 3.8) is 0 Å². The van der Waals surface area contributed by atoms with Crippen LogP contribution in [-0.4, -0.2) is 25.0 Å². The highest BCUT2D eigenvalue weighted by Crippen LogP contribution is 2.34. The number of amides is 1. The van der Waals surface area contributed by atoms with Crippen LogP contribution in [0.15, 0.2) is 108 Å². The maximum absolute atomic E-state index is 13.8. The highest BCUT2D eigenvalue weighted by atomic mass is 16.4. The number of aromatic nitrogens is 1. The average molecular weight is 516 g/mol. The first-order valence-electron chi connectivity index (χ1n) is 13.1. The predicted molar refractivity (Wildman–Crippen MR) is 160 cm³/mol. The topological polar surface area (TPSA) is 58.4 Å². The van der Waals surface area contributed by atoms with E-state index in [1.165, 1.54) is 5.56 Å². The third kappa shape index (κ3) is 5.63. The molecular formula is C34H33N3O2. The van der Waals surface area contributed by atoms with Crippen LogP contribution in [0.2, 0.25) is 0 Å². The summed E-state index contributed by atoms with van der Waals surface area (Å²) in [5.74, 6) is 0.510. The van der Waals surface area contributed by atoms with Gasteiger partial charge in [0.25, 0.3) is 5.91 Å². The number of carbonyl (C=O) groups excluding carboxylic acids is 1. The molecule has 0 atom stereocenters. The third-order valence-corrected chi connectivity index (χ3v) is 6.72. The zero-order valence-corrected chi connectivity index (χ0v) is 23.0. The van der Waals surface area contributed by atoms with E-state index < -0.39 is 0 Å². The molecular weight excluding hydrogens is 482 g/mol. The zero-order valence-electron chi connectivity index (χ0n) is 23.0. The molecule has 196 valence electrons. The van der Waals surface area contributed by atoms with Gasteiger partial charge in [0.1, 0.15) is 0 Å². The van der Waals surface area contributed by atoms with Crippen molar-refractivity contribution in [2.75, 3.05) is 24.3 Å². The molecule has 4 aromatic carbocycles. The van der Waals surface area contributed by atoms with Crippen LogP contribution >= 0.6 is 0 Å². The second-order valence-corrected chi connectivity index (χ2v) is 10.8. The molecule has 5 rings (SSSR count). The number of nitrogens with zero attached hydrogens (tertiary/aromatic N) is 2. The van der Waals surface area contributed by atoms with E-state index in [1.807, 2.05) is 110 Å². The Morgan fingerprint density at radius 1 is 0.769 bits per heavy atom. The molecule has 5 heteroatoms. The van der Waals surface area contributed by atoms with Gasteiger partial charge in [-0.05, 0) is 46.9 Å². The summed E-state index contributed by atoms with van der Waals surface area (Å²) in [5, 5.41) is 3.09. The Morgan fingerprint density at radius 3 is 2.13 bits per heavy atom. The Balaban J connectivity index is 1.57. The van der Waals surface area contributed by atoms with Crippen molar-refractivity contribution in [1.82, 2.24) is 4.98 Å². The molecule has 1 heterocycles. The summed E-state index contributed by atoms with van der Waals surface area (Å²) < 4.78 is 6.33. The second kappa shape index (κ2) is 10.6. The quantitative estimate of drug-likeness (QED) is 0.247. The van der Waals surface area contributed by atoms with Crippen LogP contribution in [0, 0.1) is 0 Å². The number of para-hydroxylation sites is 1. The van der Waals surface area contributed by atoms with E-state index in [0.717, 1.165) is 27.9 Å². The summed E-state index contributed by atoms with van der Waals surface area (Å²) in [6.45, 7) is 6.54. The van der Waals surface area contributed by atoms with E-state index in [9.17, 15) is 4.79 Å². The second-order valence-electron chi connectivity index (χ2n) is 10.8. The molecule has 0 saturated carbocycles. The highest BCUT2D eigenvalue weighted by Gasteiger charge is 2.24. The normalized spacial score (nSPS) is 11.3. The van der Waals surface area contributed by atoms with Gasteiger partial charge in [-0.1, -0.05) is 93.6 Å². The first-order chi connectivity index (χ1) is 18.7. The Hall–Kier alpha value is -4.64. The molecule has 0 saturated heterocycles. The third-order valence-electron chi connectivity index (χ3n) is 6.72. The molecule has 0 fully saturated rings. The maximum atomic E-state index is 13.8. The van der Waals surface area contributed by atoms with E-state index in [-0.39, 0.29) is 17.0 Å². The van der Waals surface area contributed by atoms with Crippen LogP contribution in [0.4, 0.5) is 11.4 Å². The fourth-order valence-corrected chi connectivity index (χ4v) is 4.47. The number of carbonyl (C=O) groups is 1. The summed E-state index contributed by atoms with van der Waals surface area (Å²) in [6, 6.07) is 33.9. The molecule has 0 aliphatic heterocycles. The van der Waals surface area contributed by atoms with E-state index in [0.29, 0.717) is 17.3 Å². The Kier molecular flexibility index (Phi) is 7.07. The van der Waals surface area contributed by atoms with Crippen LogP contribution in [0.1, 0.15) is 36.8 Å². The molecule has 1 N–H and O–H groups in total. The van der Waals surface area contributed by atoms with Crippen molar-refractivity contribution in [1.29, 1.82) is 0 Å². The van der Waals surface area contributed by atoms with Crippen LogP contribution in [-0.2, 0) is 5.41 Å². The van der Waals surface area contributed by atoms with Crippen molar-refractivity contribution in [3.05, 3.63) is 114 Å². The fraction of sp³-hybridized carbons (Fsp3) is 0.176. The SMILES string of the molecule is CN(C)c1cccc(-c2oc(-c3ccc(C(C)(C)C)cc3)nc2C(=O)Nc2ccccc2-c2ccccc2)c1. The van der Waals surface area contributed by atoms with Crippen molar-refractivity contribution in [2.45, 2.75) is 26.2 Å². The van der Waals surface area contributed by atoms with Gasteiger partial charge in [0, 0.05) is 42.2 Å². The number of rotatable bonds is 6. The Labute approximate surface area is 230 Å². The first kappa shape index (κ1) is 26.0. The molecule has 0 bridgehead atoms. The molecule has 0 spiro atoms. The minimum absolute atomic E-state index is 0.0318. The summed E-state index contributed by atoms with van der Waals surface area (Å²) in [6.07, 6.45) is 0. The van der Waals surface area contributed by atoms with E-state index in [2.05, 4.69) is 38.2 Å². The van der Waals surface area contributed by atoms with E-state index >= 15 is 0 Å². The molecule has 1 aromatic heterocycles. The van der Waals surface area contributed by atoms with E-state index in [1.54, 1.807) is 0 Å².